The van der Waals surface area contributed by atoms with Crippen molar-refractivity contribution in [3.8, 4) is 5.75 Å². The molecule has 2 rings (SSSR count). The fourth-order valence-corrected chi connectivity index (χ4v) is 2.82. The summed E-state index contributed by atoms with van der Waals surface area (Å²) < 4.78 is 11.0. The summed E-state index contributed by atoms with van der Waals surface area (Å²) in [7, 11) is 3.23. The summed E-state index contributed by atoms with van der Waals surface area (Å²) in [6, 6.07) is 4.15. The summed E-state index contributed by atoms with van der Waals surface area (Å²) in [4.78, 5) is 12.2. The van der Waals surface area contributed by atoms with Gasteiger partial charge < -0.3 is 14.8 Å². The van der Waals surface area contributed by atoms with E-state index in [1.165, 1.54) is 12.7 Å². The van der Waals surface area contributed by atoms with Crippen LogP contribution in [-0.2, 0) is 9.53 Å². The summed E-state index contributed by atoms with van der Waals surface area (Å²) in [6.07, 6.45) is 2.07. The van der Waals surface area contributed by atoms with Gasteiger partial charge in [-0.05, 0) is 69.3 Å². The van der Waals surface area contributed by atoms with Gasteiger partial charge in [0.2, 0.25) is 0 Å². The van der Waals surface area contributed by atoms with Crippen LogP contribution in [-0.4, -0.2) is 32.3 Å². The summed E-state index contributed by atoms with van der Waals surface area (Å²) in [6.45, 7) is 6.46. The second-order valence-electron chi connectivity index (χ2n) is 5.98. The minimum absolute atomic E-state index is 0.241. The van der Waals surface area contributed by atoms with Crippen LogP contribution in [0.25, 0.3) is 0 Å². The van der Waals surface area contributed by atoms with Gasteiger partial charge in [0.1, 0.15) is 12.4 Å². The van der Waals surface area contributed by atoms with Crippen LogP contribution in [0.3, 0.4) is 0 Å². The van der Waals surface area contributed by atoms with Gasteiger partial charge in [0.05, 0.1) is 7.11 Å². The van der Waals surface area contributed by atoms with Gasteiger partial charge in [-0.2, -0.15) is 0 Å². The van der Waals surface area contributed by atoms with E-state index in [-0.39, 0.29) is 5.97 Å². The molecule has 0 bridgehead atoms. The molecule has 4 heteroatoms. The first-order valence-electron chi connectivity index (χ1n) is 7.42. The number of carbonyl (C=O) groups is 1. The van der Waals surface area contributed by atoms with Crippen molar-refractivity contribution >= 4 is 5.97 Å². The fraction of sp³-hybridized carbons (Fsp3) is 0.588. The topological polar surface area (TPSA) is 47.6 Å². The molecule has 1 aromatic rings. The Balaban J connectivity index is 2.21. The van der Waals surface area contributed by atoms with Crippen molar-refractivity contribution < 1.29 is 14.3 Å². The molecule has 0 aliphatic heterocycles. The Morgan fingerprint density at radius 1 is 1.33 bits per heavy atom. The van der Waals surface area contributed by atoms with Crippen LogP contribution in [0.15, 0.2) is 12.1 Å². The Bertz CT molecular complexity index is 537. The third-order valence-electron chi connectivity index (χ3n) is 4.49. The average molecular weight is 291 g/mol. The molecule has 0 spiro atoms. The first kappa shape index (κ1) is 15.8. The Hall–Kier alpha value is -1.55. The summed E-state index contributed by atoms with van der Waals surface area (Å²) in [5.74, 6) is 0.896. The van der Waals surface area contributed by atoms with Crippen molar-refractivity contribution in [3.05, 3.63) is 28.8 Å². The van der Waals surface area contributed by atoms with Gasteiger partial charge in [0.15, 0.2) is 5.54 Å². The van der Waals surface area contributed by atoms with Gasteiger partial charge in [-0.15, -0.1) is 0 Å². The minimum atomic E-state index is -0.737. The molecule has 1 unspecified atom stereocenters. The molecule has 0 heterocycles. The molecule has 1 fully saturated rings. The van der Waals surface area contributed by atoms with E-state index in [4.69, 9.17) is 9.47 Å². The molecule has 4 nitrogen and oxygen atoms in total. The summed E-state index contributed by atoms with van der Waals surface area (Å²) in [5, 5.41) is 3.15. The third-order valence-corrected chi connectivity index (χ3v) is 4.49. The average Bonchev–Trinajstić information content (AvgIpc) is 3.29. The third kappa shape index (κ3) is 3.05. The van der Waals surface area contributed by atoms with Gasteiger partial charge in [-0.25, -0.2) is 4.79 Å². The number of rotatable bonds is 6. The molecular weight excluding hydrogens is 266 g/mol. The number of methoxy groups -OCH3 is 1. The highest BCUT2D eigenvalue weighted by molar-refractivity contribution is 5.82. The highest BCUT2D eigenvalue weighted by Crippen LogP contribution is 2.41. The number of carbonyl (C=O) groups excluding carboxylic acids is 1. The number of likely N-dealkylation sites (N-methyl/N-ethyl adjacent to an activating group) is 1. The number of ether oxygens (including phenoxy) is 2. The number of nitrogens with one attached hydrogen (secondary N) is 1. The van der Waals surface area contributed by atoms with E-state index < -0.39 is 5.54 Å². The number of aryl methyl sites for hydroxylation is 2. The fourth-order valence-electron chi connectivity index (χ4n) is 2.82. The number of hydrogen-bond acceptors (Lipinski definition) is 4. The van der Waals surface area contributed by atoms with Crippen molar-refractivity contribution in [1.82, 2.24) is 5.32 Å². The molecule has 1 atom stereocenters. The van der Waals surface area contributed by atoms with Crippen LogP contribution >= 0.6 is 0 Å². The lowest BCUT2D eigenvalue weighted by atomic mass is 9.94. The van der Waals surface area contributed by atoms with E-state index in [0.29, 0.717) is 12.5 Å². The van der Waals surface area contributed by atoms with E-state index in [0.717, 1.165) is 29.7 Å². The van der Waals surface area contributed by atoms with Crippen molar-refractivity contribution in [1.29, 1.82) is 0 Å². The molecule has 1 saturated carbocycles. The Morgan fingerprint density at radius 3 is 2.52 bits per heavy atom. The zero-order valence-corrected chi connectivity index (χ0v) is 13.6. The van der Waals surface area contributed by atoms with Crippen LogP contribution in [0.2, 0.25) is 0 Å². The second kappa shape index (κ2) is 6.06. The number of hydrogen-bond donors (Lipinski definition) is 1. The molecule has 21 heavy (non-hydrogen) atoms. The summed E-state index contributed by atoms with van der Waals surface area (Å²) >= 11 is 0. The van der Waals surface area contributed by atoms with Gasteiger partial charge in [-0.1, -0.05) is 6.07 Å². The second-order valence-corrected chi connectivity index (χ2v) is 5.98. The van der Waals surface area contributed by atoms with Crippen LogP contribution in [0.1, 0.15) is 29.5 Å². The first-order valence-corrected chi connectivity index (χ1v) is 7.42. The molecule has 1 aromatic carbocycles. The van der Waals surface area contributed by atoms with Crippen molar-refractivity contribution in [3.63, 3.8) is 0 Å². The molecule has 1 aliphatic carbocycles. The lowest BCUT2D eigenvalue weighted by Crippen LogP contribution is -2.57. The highest BCUT2D eigenvalue weighted by atomic mass is 16.5. The molecular formula is C17H25NO3. The van der Waals surface area contributed by atoms with Crippen LogP contribution in [0, 0.1) is 26.7 Å². The van der Waals surface area contributed by atoms with Crippen LogP contribution < -0.4 is 10.1 Å². The van der Waals surface area contributed by atoms with Crippen LogP contribution in [0.4, 0.5) is 0 Å². The zero-order chi connectivity index (χ0) is 15.6. The lowest BCUT2D eigenvalue weighted by Gasteiger charge is -2.31. The van der Waals surface area contributed by atoms with E-state index in [2.05, 4.69) is 18.3 Å². The SMILES string of the molecule is CNC(COc1cc(C)cc(C)c1C)(C(=O)OC)C1CC1. The molecule has 0 saturated heterocycles. The molecule has 1 N–H and O–H groups in total. The Morgan fingerprint density at radius 2 is 2.00 bits per heavy atom. The Labute approximate surface area is 126 Å². The standard InChI is InChI=1S/C17H25NO3/c1-11-8-12(2)13(3)15(9-11)21-10-17(18-4,14-6-7-14)16(19)20-5/h8-9,14,18H,6-7,10H2,1-5H3. The van der Waals surface area contributed by atoms with Crippen molar-refractivity contribution in [2.75, 3.05) is 20.8 Å². The molecule has 1 aliphatic rings. The van der Waals surface area contributed by atoms with Crippen molar-refractivity contribution in [2.24, 2.45) is 5.92 Å². The van der Waals surface area contributed by atoms with E-state index in [9.17, 15) is 4.79 Å². The lowest BCUT2D eigenvalue weighted by molar-refractivity contribution is -0.151. The predicted molar refractivity (Wildman–Crippen MR) is 82.7 cm³/mol. The van der Waals surface area contributed by atoms with Gasteiger partial charge in [0, 0.05) is 0 Å². The van der Waals surface area contributed by atoms with Crippen molar-refractivity contribution in [2.45, 2.75) is 39.2 Å². The highest BCUT2D eigenvalue weighted by Gasteiger charge is 2.51. The van der Waals surface area contributed by atoms with Gasteiger partial charge in [0.25, 0.3) is 0 Å². The van der Waals surface area contributed by atoms with Gasteiger partial charge >= 0.3 is 5.97 Å². The quantitative estimate of drug-likeness (QED) is 0.818. The number of esters is 1. The maximum atomic E-state index is 12.2. The smallest absolute Gasteiger partial charge is 0.329 e. The largest absolute Gasteiger partial charge is 0.491 e. The first-order chi connectivity index (χ1) is 9.94. The van der Waals surface area contributed by atoms with E-state index >= 15 is 0 Å². The summed E-state index contributed by atoms with van der Waals surface area (Å²) in [5.41, 5.74) is 2.74. The van der Waals surface area contributed by atoms with E-state index in [1.807, 2.05) is 19.9 Å². The molecule has 116 valence electrons. The maximum absolute atomic E-state index is 12.2. The maximum Gasteiger partial charge on any atom is 0.329 e. The Kier molecular flexibility index (Phi) is 4.57. The van der Waals surface area contributed by atoms with Gasteiger partial charge in [-0.3, -0.25) is 0 Å². The molecule has 0 aromatic heterocycles. The molecule has 0 radical (unpaired) electrons. The zero-order valence-electron chi connectivity index (χ0n) is 13.6. The molecule has 0 amide bonds. The number of benzene rings is 1. The van der Waals surface area contributed by atoms with E-state index in [1.54, 1.807) is 7.05 Å². The normalized spacial score (nSPS) is 17.2. The monoisotopic (exact) mass is 291 g/mol. The van der Waals surface area contributed by atoms with Crippen LogP contribution in [0.5, 0.6) is 5.75 Å². The minimum Gasteiger partial charge on any atom is -0.491 e. The predicted octanol–water partition coefficient (Wildman–Crippen LogP) is 2.53.